The molecule has 1 amide bonds. The fourth-order valence-electron chi connectivity index (χ4n) is 5.79. The molecule has 0 bridgehead atoms. The number of methoxy groups -OCH3 is 1. The molecule has 33 heavy (non-hydrogen) atoms. The van der Waals surface area contributed by atoms with Crippen LogP contribution in [0.5, 0.6) is 5.75 Å². The molecule has 6 nitrogen and oxygen atoms in total. The van der Waals surface area contributed by atoms with Crippen LogP contribution >= 0.6 is 0 Å². The molecule has 5 rings (SSSR count). The predicted octanol–water partition coefficient (Wildman–Crippen LogP) is 4.73. The van der Waals surface area contributed by atoms with E-state index in [0.29, 0.717) is 19.5 Å². The second kappa shape index (κ2) is 7.80. The monoisotopic (exact) mass is 454 g/mol. The Morgan fingerprint density at radius 2 is 2.12 bits per heavy atom. The van der Waals surface area contributed by atoms with Gasteiger partial charge < -0.3 is 15.5 Å². The molecule has 2 fully saturated rings. The summed E-state index contributed by atoms with van der Waals surface area (Å²) in [6.07, 6.45) is 4.82. The Hall–Kier alpha value is -3.00. The summed E-state index contributed by atoms with van der Waals surface area (Å²) in [5.41, 5.74) is 9.35. The summed E-state index contributed by atoms with van der Waals surface area (Å²) in [6.45, 7) is 3.36. The molecule has 174 valence electrons. The number of nitrogens with two attached hydrogens (primary N) is 1. The van der Waals surface area contributed by atoms with Gasteiger partial charge in [0.25, 0.3) is 5.91 Å². The number of hydrogen-bond acceptors (Lipinski definition) is 4. The lowest BCUT2D eigenvalue weighted by molar-refractivity contribution is -0.186. The van der Waals surface area contributed by atoms with Gasteiger partial charge in [-0.2, -0.15) is 0 Å². The van der Waals surface area contributed by atoms with Crippen LogP contribution in [0.4, 0.5) is 8.78 Å². The van der Waals surface area contributed by atoms with Crippen molar-refractivity contribution >= 4 is 16.8 Å². The van der Waals surface area contributed by atoms with Gasteiger partial charge in [0.05, 0.1) is 7.11 Å². The topological polar surface area (TPSA) is 84.2 Å². The largest absolute Gasteiger partial charge is 0.496 e. The van der Waals surface area contributed by atoms with E-state index in [2.05, 4.69) is 20.9 Å². The van der Waals surface area contributed by atoms with E-state index in [1.54, 1.807) is 19.4 Å². The second-order valence-corrected chi connectivity index (χ2v) is 9.63. The number of amides is 1. The molecule has 1 aliphatic heterocycles. The van der Waals surface area contributed by atoms with Crippen LogP contribution < -0.4 is 10.5 Å². The molecule has 8 heteroatoms. The molecule has 0 radical (unpaired) electrons. The number of rotatable bonds is 5. The van der Waals surface area contributed by atoms with Gasteiger partial charge in [-0.1, -0.05) is 6.07 Å². The molecule has 3 N–H and O–H groups in total. The number of piperidine rings is 1. The lowest BCUT2D eigenvalue weighted by Crippen LogP contribution is -2.53. The van der Waals surface area contributed by atoms with Crippen molar-refractivity contribution in [2.45, 2.75) is 51.1 Å². The number of carbonyl (C=O) groups excluding carboxylic acids is 1. The summed E-state index contributed by atoms with van der Waals surface area (Å²) in [6, 6.07) is 7.45. The maximum Gasteiger partial charge on any atom is 0.267 e. The first-order chi connectivity index (χ1) is 15.7. The van der Waals surface area contributed by atoms with Gasteiger partial charge in [0.1, 0.15) is 11.4 Å². The molecular formula is C25H28F2N4O2. The molecule has 3 aromatic rings. The summed E-state index contributed by atoms with van der Waals surface area (Å²) in [5.74, 6) is -2.34. The van der Waals surface area contributed by atoms with Crippen molar-refractivity contribution in [1.29, 1.82) is 0 Å². The first kappa shape index (κ1) is 21.8. The van der Waals surface area contributed by atoms with Gasteiger partial charge in [0.2, 0.25) is 5.92 Å². The zero-order valence-electron chi connectivity index (χ0n) is 18.8. The fraction of sp³-hybridized carbons (Fsp3) is 0.440. The van der Waals surface area contributed by atoms with Crippen molar-refractivity contribution < 1.29 is 18.3 Å². The van der Waals surface area contributed by atoms with Crippen LogP contribution in [0.15, 0.2) is 36.7 Å². The van der Waals surface area contributed by atoms with Crippen molar-refractivity contribution in [3.8, 4) is 5.75 Å². The van der Waals surface area contributed by atoms with Crippen molar-refractivity contribution in [2.75, 3.05) is 13.7 Å². The molecule has 1 aromatic carbocycles. The highest BCUT2D eigenvalue weighted by molar-refractivity contribution is 5.90. The normalized spacial score (nSPS) is 21.8. The van der Waals surface area contributed by atoms with Crippen LogP contribution in [0.25, 0.3) is 10.9 Å². The number of pyridine rings is 1. The van der Waals surface area contributed by atoms with Gasteiger partial charge in [-0.15, -0.1) is 0 Å². The smallest absolute Gasteiger partial charge is 0.267 e. The van der Waals surface area contributed by atoms with Crippen molar-refractivity contribution in [3.05, 3.63) is 59.0 Å². The van der Waals surface area contributed by atoms with E-state index in [9.17, 15) is 13.6 Å². The predicted molar refractivity (Wildman–Crippen MR) is 121 cm³/mol. The van der Waals surface area contributed by atoms with Gasteiger partial charge in [-0.25, -0.2) is 8.78 Å². The summed E-state index contributed by atoms with van der Waals surface area (Å²) in [5, 5.41) is 1.10. The van der Waals surface area contributed by atoms with Crippen LogP contribution in [0.3, 0.4) is 0 Å². The standard InChI is InChI=1S/C25H28F2N4O2/c1-15-9-21(33-2)18(17-5-7-29-22(15)17)12-31-8-6-24(13-25(26,27)14-24)10-20(31)16-3-4-19(23(28)32)30-11-16/h3-5,7,9,11,20,29H,6,8,10,12-14H2,1-2H3,(H2,28,32)/t20-/m1/s1. The van der Waals surface area contributed by atoms with Gasteiger partial charge in [-0.05, 0) is 61.1 Å². The van der Waals surface area contributed by atoms with Crippen molar-refractivity contribution in [1.82, 2.24) is 14.9 Å². The van der Waals surface area contributed by atoms with E-state index in [1.165, 1.54) is 0 Å². The number of ether oxygens (including phenoxy) is 1. The van der Waals surface area contributed by atoms with Crippen molar-refractivity contribution in [2.24, 2.45) is 11.1 Å². The number of aryl methyl sites for hydroxylation is 1. The summed E-state index contributed by atoms with van der Waals surface area (Å²) in [4.78, 5) is 21.3. The van der Waals surface area contributed by atoms with E-state index in [4.69, 9.17) is 10.5 Å². The Labute approximate surface area is 191 Å². The molecule has 0 unspecified atom stereocenters. The van der Waals surface area contributed by atoms with E-state index in [-0.39, 0.29) is 30.0 Å². The number of nitrogens with one attached hydrogen (secondary N) is 1. The highest BCUT2D eigenvalue weighted by Gasteiger charge is 2.58. The molecule has 1 saturated heterocycles. The molecule has 1 aliphatic carbocycles. The second-order valence-electron chi connectivity index (χ2n) is 9.63. The minimum atomic E-state index is -2.57. The number of halogens is 2. The lowest BCUT2D eigenvalue weighted by atomic mass is 9.59. The van der Waals surface area contributed by atoms with Gasteiger partial charge in [-0.3, -0.25) is 14.7 Å². The number of carbonyl (C=O) groups is 1. The summed E-state index contributed by atoms with van der Waals surface area (Å²) < 4.78 is 33.4. The van der Waals surface area contributed by atoms with Crippen LogP contribution in [0.2, 0.25) is 0 Å². The highest BCUT2D eigenvalue weighted by Crippen LogP contribution is 2.60. The fourth-order valence-corrected chi connectivity index (χ4v) is 5.79. The third-order valence-electron chi connectivity index (χ3n) is 7.38. The van der Waals surface area contributed by atoms with Crippen LogP contribution in [0, 0.1) is 12.3 Å². The van der Waals surface area contributed by atoms with Crippen LogP contribution in [0.1, 0.15) is 58.9 Å². The molecule has 1 spiro atoms. The Morgan fingerprint density at radius 1 is 1.33 bits per heavy atom. The van der Waals surface area contributed by atoms with Gasteiger partial charge in [0.15, 0.2) is 0 Å². The molecule has 1 atom stereocenters. The zero-order chi connectivity index (χ0) is 23.4. The maximum atomic E-state index is 13.9. The summed E-state index contributed by atoms with van der Waals surface area (Å²) >= 11 is 0. The Balaban J connectivity index is 1.50. The average Bonchev–Trinajstić information content (AvgIpc) is 3.26. The minimum Gasteiger partial charge on any atom is -0.496 e. The Bertz CT molecular complexity index is 1200. The molecule has 3 heterocycles. The van der Waals surface area contributed by atoms with E-state index < -0.39 is 11.8 Å². The number of aromatic amines is 1. The molecule has 1 saturated carbocycles. The highest BCUT2D eigenvalue weighted by atomic mass is 19.3. The first-order valence-electron chi connectivity index (χ1n) is 11.2. The number of aromatic nitrogens is 2. The maximum absolute atomic E-state index is 13.9. The van der Waals surface area contributed by atoms with E-state index in [1.807, 2.05) is 25.3 Å². The third-order valence-corrected chi connectivity index (χ3v) is 7.38. The molecule has 2 aliphatic rings. The van der Waals surface area contributed by atoms with Gasteiger partial charge >= 0.3 is 0 Å². The number of likely N-dealkylation sites (tertiary alicyclic amines) is 1. The third kappa shape index (κ3) is 3.86. The number of benzene rings is 1. The number of hydrogen-bond donors (Lipinski definition) is 2. The van der Waals surface area contributed by atoms with Gasteiger partial charge in [0, 0.05) is 54.3 Å². The van der Waals surface area contributed by atoms with Crippen molar-refractivity contribution in [3.63, 3.8) is 0 Å². The Morgan fingerprint density at radius 3 is 2.76 bits per heavy atom. The average molecular weight is 455 g/mol. The SMILES string of the molecule is COc1cc(C)c2[nH]ccc2c1CN1CCC2(C[C@@H]1c1ccc(C(N)=O)nc1)CC(F)(F)C2. The Kier molecular flexibility index (Phi) is 5.16. The number of nitrogens with zero attached hydrogens (tertiary/aromatic N) is 2. The number of alkyl halides is 2. The van der Waals surface area contributed by atoms with Crippen LogP contribution in [-0.2, 0) is 6.54 Å². The molecular weight excluding hydrogens is 426 g/mol. The number of H-pyrrole nitrogens is 1. The number of primary amides is 1. The zero-order valence-corrected chi connectivity index (χ0v) is 18.8. The van der Waals surface area contributed by atoms with E-state index >= 15 is 0 Å². The first-order valence-corrected chi connectivity index (χ1v) is 11.2. The summed E-state index contributed by atoms with van der Waals surface area (Å²) in [7, 11) is 1.67. The lowest BCUT2D eigenvalue weighted by Gasteiger charge is -2.54. The quantitative estimate of drug-likeness (QED) is 0.584. The minimum absolute atomic E-state index is 0.0625. The van der Waals surface area contributed by atoms with Crippen LogP contribution in [-0.4, -0.2) is 40.4 Å². The van der Waals surface area contributed by atoms with E-state index in [0.717, 1.165) is 39.8 Å². The molecule has 2 aromatic heterocycles. The number of fused-ring (bicyclic) bond motifs is 1.